The van der Waals surface area contributed by atoms with Crippen molar-refractivity contribution >= 4 is 22.1 Å². The first kappa shape index (κ1) is 16.4. The molecule has 0 saturated heterocycles. The SMILES string of the molecule is CCCCNS(=O)(=O)c1ccc(C=C(C)C(=O)O)cc1. The number of hydrogen-bond donors (Lipinski definition) is 2. The van der Waals surface area contributed by atoms with E-state index >= 15 is 0 Å². The van der Waals surface area contributed by atoms with Crippen LogP contribution in [0.4, 0.5) is 0 Å². The molecule has 5 nitrogen and oxygen atoms in total. The number of sulfonamides is 1. The van der Waals surface area contributed by atoms with Crippen molar-refractivity contribution < 1.29 is 18.3 Å². The first-order valence-corrected chi connectivity index (χ1v) is 7.86. The maximum atomic E-state index is 11.9. The predicted molar refractivity (Wildman–Crippen MR) is 77.8 cm³/mol. The highest BCUT2D eigenvalue weighted by Gasteiger charge is 2.12. The monoisotopic (exact) mass is 297 g/mol. The van der Waals surface area contributed by atoms with Gasteiger partial charge in [0.2, 0.25) is 10.0 Å². The second kappa shape index (κ2) is 7.21. The van der Waals surface area contributed by atoms with Crippen molar-refractivity contribution in [1.82, 2.24) is 4.72 Å². The van der Waals surface area contributed by atoms with Crippen LogP contribution in [0, 0.1) is 0 Å². The second-order valence-electron chi connectivity index (χ2n) is 4.45. The van der Waals surface area contributed by atoms with Crippen LogP contribution in [0.3, 0.4) is 0 Å². The Kier molecular flexibility index (Phi) is 5.91. The molecule has 0 aliphatic carbocycles. The van der Waals surface area contributed by atoms with Crippen molar-refractivity contribution in [3.8, 4) is 0 Å². The smallest absolute Gasteiger partial charge is 0.331 e. The zero-order chi connectivity index (χ0) is 15.2. The Morgan fingerprint density at radius 2 is 1.90 bits per heavy atom. The summed E-state index contributed by atoms with van der Waals surface area (Å²) in [4.78, 5) is 10.9. The fraction of sp³-hybridized carbons (Fsp3) is 0.357. The van der Waals surface area contributed by atoms with Gasteiger partial charge in [-0.1, -0.05) is 25.5 Å². The maximum Gasteiger partial charge on any atom is 0.331 e. The largest absolute Gasteiger partial charge is 0.478 e. The molecule has 0 aliphatic rings. The summed E-state index contributed by atoms with van der Waals surface area (Å²) < 4.78 is 26.4. The number of nitrogens with one attached hydrogen (secondary N) is 1. The molecule has 0 aliphatic heterocycles. The van der Waals surface area contributed by atoms with E-state index in [0.717, 1.165) is 12.8 Å². The Morgan fingerprint density at radius 1 is 1.30 bits per heavy atom. The Morgan fingerprint density at radius 3 is 2.40 bits per heavy atom. The van der Waals surface area contributed by atoms with Crippen molar-refractivity contribution in [3.05, 3.63) is 35.4 Å². The molecule has 0 heterocycles. The zero-order valence-corrected chi connectivity index (χ0v) is 12.4. The second-order valence-corrected chi connectivity index (χ2v) is 6.22. The molecule has 0 bridgehead atoms. The molecular formula is C14H19NO4S. The number of unbranched alkanes of at least 4 members (excludes halogenated alkanes) is 1. The van der Waals surface area contributed by atoms with E-state index in [1.807, 2.05) is 6.92 Å². The molecule has 0 atom stereocenters. The van der Waals surface area contributed by atoms with E-state index in [1.165, 1.54) is 25.1 Å². The third-order valence-corrected chi connectivity index (χ3v) is 4.21. The van der Waals surface area contributed by atoms with E-state index in [0.29, 0.717) is 12.1 Å². The minimum absolute atomic E-state index is 0.179. The molecule has 1 aromatic rings. The molecular weight excluding hydrogens is 278 g/mol. The lowest BCUT2D eigenvalue weighted by Crippen LogP contribution is -2.24. The zero-order valence-electron chi connectivity index (χ0n) is 11.6. The molecule has 0 amide bonds. The summed E-state index contributed by atoms with van der Waals surface area (Å²) in [6.07, 6.45) is 3.20. The normalized spacial score (nSPS) is 12.4. The molecule has 0 radical (unpaired) electrons. The fourth-order valence-electron chi connectivity index (χ4n) is 1.52. The number of carboxylic acids is 1. The summed E-state index contributed by atoms with van der Waals surface area (Å²) in [7, 11) is -3.48. The van der Waals surface area contributed by atoms with Gasteiger partial charge in [0.1, 0.15) is 0 Å². The Balaban J connectivity index is 2.86. The Labute approximate surface area is 119 Å². The Bertz CT molecular complexity index is 588. The molecule has 0 spiro atoms. The topological polar surface area (TPSA) is 83.5 Å². The maximum absolute atomic E-state index is 11.9. The number of carbonyl (C=O) groups is 1. The third kappa shape index (κ3) is 4.79. The van der Waals surface area contributed by atoms with Crippen molar-refractivity contribution in [2.45, 2.75) is 31.6 Å². The van der Waals surface area contributed by atoms with Gasteiger partial charge in [0.15, 0.2) is 0 Å². The molecule has 1 aromatic carbocycles. The lowest BCUT2D eigenvalue weighted by Gasteiger charge is -2.06. The average Bonchev–Trinajstić information content (AvgIpc) is 2.39. The number of aliphatic carboxylic acids is 1. The number of carboxylic acid groups (broad SMARTS) is 1. The summed E-state index contributed by atoms with van der Waals surface area (Å²) in [5.41, 5.74) is 0.846. The molecule has 0 fully saturated rings. The van der Waals surface area contributed by atoms with Crippen molar-refractivity contribution in [2.24, 2.45) is 0 Å². The Hall–Kier alpha value is -1.66. The molecule has 0 saturated carbocycles. The molecule has 6 heteroatoms. The van der Waals surface area contributed by atoms with Crippen molar-refractivity contribution in [1.29, 1.82) is 0 Å². The van der Waals surface area contributed by atoms with Crippen LogP contribution < -0.4 is 4.72 Å². The van der Waals surface area contributed by atoms with Gasteiger partial charge in [0.25, 0.3) is 0 Å². The van der Waals surface area contributed by atoms with Crippen LogP contribution in [0.5, 0.6) is 0 Å². The molecule has 110 valence electrons. The molecule has 0 aromatic heterocycles. The van der Waals surface area contributed by atoms with Crippen LogP contribution in [-0.4, -0.2) is 26.0 Å². The fourth-order valence-corrected chi connectivity index (χ4v) is 2.60. The highest BCUT2D eigenvalue weighted by molar-refractivity contribution is 7.89. The molecule has 2 N–H and O–H groups in total. The first-order valence-electron chi connectivity index (χ1n) is 6.38. The number of rotatable bonds is 7. The molecule has 20 heavy (non-hydrogen) atoms. The minimum Gasteiger partial charge on any atom is -0.478 e. The van der Waals surface area contributed by atoms with Gasteiger partial charge in [0, 0.05) is 12.1 Å². The number of hydrogen-bond acceptors (Lipinski definition) is 3. The number of benzene rings is 1. The summed E-state index contributed by atoms with van der Waals surface area (Å²) in [5.74, 6) is -0.997. The van der Waals surface area contributed by atoms with Gasteiger partial charge in [-0.25, -0.2) is 17.9 Å². The third-order valence-electron chi connectivity index (χ3n) is 2.73. The van der Waals surface area contributed by atoms with Crippen LogP contribution in [0.1, 0.15) is 32.3 Å². The summed E-state index contributed by atoms with van der Waals surface area (Å²) in [5, 5.41) is 8.77. The summed E-state index contributed by atoms with van der Waals surface area (Å²) in [6.45, 7) is 3.89. The summed E-state index contributed by atoms with van der Waals surface area (Å²) in [6, 6.07) is 6.10. The van der Waals surface area contributed by atoms with E-state index in [2.05, 4.69) is 4.72 Å². The van der Waals surface area contributed by atoms with E-state index in [4.69, 9.17) is 5.11 Å². The van der Waals surface area contributed by atoms with Gasteiger partial charge in [0.05, 0.1) is 4.90 Å². The average molecular weight is 297 g/mol. The highest BCUT2D eigenvalue weighted by atomic mass is 32.2. The summed E-state index contributed by atoms with van der Waals surface area (Å²) >= 11 is 0. The van der Waals surface area contributed by atoms with E-state index < -0.39 is 16.0 Å². The van der Waals surface area contributed by atoms with Gasteiger partial charge in [-0.05, 0) is 37.1 Å². The highest BCUT2D eigenvalue weighted by Crippen LogP contribution is 2.13. The molecule has 0 unspecified atom stereocenters. The minimum atomic E-state index is -3.48. The quantitative estimate of drug-likeness (QED) is 0.597. The van der Waals surface area contributed by atoms with Crippen LogP contribution in [0.2, 0.25) is 0 Å². The van der Waals surface area contributed by atoms with Gasteiger partial charge >= 0.3 is 5.97 Å². The van der Waals surface area contributed by atoms with Gasteiger partial charge in [-0.3, -0.25) is 0 Å². The lowest BCUT2D eigenvalue weighted by atomic mass is 10.1. The van der Waals surface area contributed by atoms with Crippen LogP contribution in [-0.2, 0) is 14.8 Å². The van der Waals surface area contributed by atoms with Gasteiger partial charge in [-0.2, -0.15) is 0 Å². The van der Waals surface area contributed by atoms with E-state index in [9.17, 15) is 13.2 Å². The van der Waals surface area contributed by atoms with Crippen LogP contribution >= 0.6 is 0 Å². The van der Waals surface area contributed by atoms with Crippen molar-refractivity contribution in [3.63, 3.8) is 0 Å². The standard InChI is InChI=1S/C14H19NO4S/c1-3-4-9-15-20(18,19)13-7-5-12(6-8-13)10-11(2)14(16)17/h5-8,10,15H,3-4,9H2,1-2H3,(H,16,17). The van der Waals surface area contributed by atoms with E-state index in [-0.39, 0.29) is 10.5 Å². The lowest BCUT2D eigenvalue weighted by molar-refractivity contribution is -0.132. The molecule has 1 rings (SSSR count). The predicted octanol–water partition coefficient (Wildman–Crippen LogP) is 2.25. The van der Waals surface area contributed by atoms with Crippen molar-refractivity contribution in [2.75, 3.05) is 6.54 Å². The van der Waals surface area contributed by atoms with Crippen LogP contribution in [0.15, 0.2) is 34.7 Å². The first-order chi connectivity index (χ1) is 9.36. The van der Waals surface area contributed by atoms with Gasteiger partial charge in [-0.15, -0.1) is 0 Å². The van der Waals surface area contributed by atoms with Gasteiger partial charge < -0.3 is 5.11 Å². The van der Waals surface area contributed by atoms with E-state index in [1.54, 1.807) is 12.1 Å². The van der Waals surface area contributed by atoms with Crippen LogP contribution in [0.25, 0.3) is 6.08 Å².